The van der Waals surface area contributed by atoms with Crippen molar-refractivity contribution in [2.75, 3.05) is 19.5 Å². The lowest BCUT2D eigenvalue weighted by molar-refractivity contribution is -0.155. The molecule has 3 atom stereocenters. The summed E-state index contributed by atoms with van der Waals surface area (Å²) in [5, 5.41) is 2.58. The van der Waals surface area contributed by atoms with Crippen molar-refractivity contribution >= 4 is 41.1 Å². The van der Waals surface area contributed by atoms with E-state index < -0.39 is 28.9 Å². The van der Waals surface area contributed by atoms with Crippen molar-refractivity contribution in [2.24, 2.45) is 0 Å². The Morgan fingerprint density at radius 3 is 2.74 bits per heavy atom. The van der Waals surface area contributed by atoms with Crippen molar-refractivity contribution in [1.82, 2.24) is 10.2 Å². The number of carbonyl (C=O) groups excluding carboxylic acids is 3. The van der Waals surface area contributed by atoms with Crippen LogP contribution in [-0.2, 0) is 19.1 Å². The summed E-state index contributed by atoms with van der Waals surface area (Å²) in [5.41, 5.74) is -0.254. The highest BCUT2D eigenvalue weighted by molar-refractivity contribution is 8.00. The van der Waals surface area contributed by atoms with Gasteiger partial charge < -0.3 is 14.8 Å². The second kappa shape index (κ2) is 8.90. The van der Waals surface area contributed by atoms with Crippen molar-refractivity contribution in [1.29, 1.82) is 0 Å². The molecule has 1 fully saturated rings. The Bertz CT molecular complexity index is 993. The molecule has 4 rings (SSSR count). The molecule has 2 unspecified atom stereocenters. The van der Waals surface area contributed by atoms with E-state index in [2.05, 4.69) is 5.32 Å². The molecular weight excluding hydrogens is 440 g/mol. The number of amides is 2. The summed E-state index contributed by atoms with van der Waals surface area (Å²) in [6.07, 6.45) is 8.05. The third-order valence-electron chi connectivity index (χ3n) is 5.40. The Balaban J connectivity index is 1.43. The van der Waals surface area contributed by atoms with Gasteiger partial charge in [0.05, 0.1) is 5.03 Å². The maximum absolute atomic E-state index is 12.8. The number of allylic oxidation sites excluding steroid dienone is 2. The molecule has 2 heterocycles. The van der Waals surface area contributed by atoms with E-state index in [1.165, 1.54) is 16.7 Å². The Hall–Kier alpha value is -2.55. The maximum Gasteiger partial charge on any atom is 0.356 e. The number of rotatable bonds is 6. The van der Waals surface area contributed by atoms with Gasteiger partial charge in [0.25, 0.3) is 11.8 Å². The first-order valence-corrected chi connectivity index (χ1v) is 11.1. The van der Waals surface area contributed by atoms with Crippen LogP contribution in [0.5, 0.6) is 0 Å². The summed E-state index contributed by atoms with van der Waals surface area (Å²) in [5.74, 6) is -1.08. The highest BCUT2D eigenvalue weighted by Crippen LogP contribution is 2.42. The molecule has 1 N–H and O–H groups in total. The summed E-state index contributed by atoms with van der Waals surface area (Å²) in [4.78, 5) is 39.4. The molecule has 1 aromatic carbocycles. The fraction of sp³-hybridized carbons (Fsp3) is 0.318. The molecule has 2 aliphatic heterocycles. The number of nitrogens with zero attached hydrogens (tertiary/aromatic N) is 1. The van der Waals surface area contributed by atoms with Crippen LogP contribution in [0.25, 0.3) is 0 Å². The first-order valence-electron chi connectivity index (χ1n) is 9.72. The Morgan fingerprint density at radius 2 is 2.06 bits per heavy atom. The van der Waals surface area contributed by atoms with Gasteiger partial charge in [-0.05, 0) is 18.2 Å². The van der Waals surface area contributed by atoms with Gasteiger partial charge in [-0.25, -0.2) is 4.79 Å². The van der Waals surface area contributed by atoms with E-state index in [0.29, 0.717) is 17.7 Å². The van der Waals surface area contributed by atoms with Gasteiger partial charge in [-0.3, -0.25) is 14.5 Å². The topological polar surface area (TPSA) is 84.9 Å². The number of halogens is 1. The van der Waals surface area contributed by atoms with Crippen molar-refractivity contribution in [2.45, 2.75) is 23.4 Å². The number of nitrogens with one attached hydrogen (secondary N) is 1. The van der Waals surface area contributed by atoms with Gasteiger partial charge in [-0.15, -0.1) is 11.8 Å². The average Bonchev–Trinajstić information content (AvgIpc) is 2.81. The second-order valence-electron chi connectivity index (χ2n) is 7.32. The smallest absolute Gasteiger partial charge is 0.356 e. The van der Waals surface area contributed by atoms with E-state index >= 15 is 0 Å². The first-order chi connectivity index (χ1) is 15.0. The largest absolute Gasteiger partial charge is 0.458 e. The molecule has 1 aromatic rings. The van der Waals surface area contributed by atoms with Crippen LogP contribution in [0.15, 0.2) is 65.4 Å². The second-order valence-corrected chi connectivity index (χ2v) is 8.88. The Labute approximate surface area is 189 Å². The lowest BCUT2D eigenvalue weighted by atomic mass is 9.96. The van der Waals surface area contributed by atoms with Gasteiger partial charge in [0.15, 0.2) is 0 Å². The summed E-state index contributed by atoms with van der Waals surface area (Å²) in [6.45, 7) is -0.00907. The van der Waals surface area contributed by atoms with Crippen molar-refractivity contribution < 1.29 is 23.9 Å². The fourth-order valence-corrected chi connectivity index (χ4v) is 5.15. The van der Waals surface area contributed by atoms with E-state index in [9.17, 15) is 14.4 Å². The molecule has 0 bridgehead atoms. The molecule has 0 spiro atoms. The number of β-lactam (4-membered cyclic amide) rings is 1. The molecular formula is C22H21ClN2O5S. The quantitative estimate of drug-likeness (QED) is 0.519. The molecule has 3 aliphatic rings. The number of hydrogen-bond donors (Lipinski definition) is 1. The van der Waals surface area contributed by atoms with Gasteiger partial charge in [0.2, 0.25) is 0 Å². The van der Waals surface area contributed by atoms with Crippen LogP contribution >= 0.6 is 23.4 Å². The van der Waals surface area contributed by atoms with Crippen molar-refractivity contribution in [3.63, 3.8) is 0 Å². The lowest BCUT2D eigenvalue weighted by Crippen LogP contribution is -2.70. The van der Waals surface area contributed by atoms with Crippen LogP contribution in [0, 0.1) is 0 Å². The van der Waals surface area contributed by atoms with Crippen molar-refractivity contribution in [3.05, 3.63) is 70.9 Å². The number of ether oxygens (including phenoxy) is 2. The van der Waals surface area contributed by atoms with E-state index in [-0.39, 0.29) is 23.2 Å². The number of thioether (sulfide) groups is 1. The molecule has 7 nitrogen and oxygen atoms in total. The van der Waals surface area contributed by atoms with Gasteiger partial charge >= 0.3 is 5.97 Å². The predicted molar refractivity (Wildman–Crippen MR) is 117 cm³/mol. The van der Waals surface area contributed by atoms with Gasteiger partial charge in [0.1, 0.15) is 29.3 Å². The zero-order valence-corrected chi connectivity index (χ0v) is 18.3. The van der Waals surface area contributed by atoms with Gasteiger partial charge in [0, 0.05) is 24.8 Å². The molecule has 0 saturated carbocycles. The number of carbonyl (C=O) groups is 3. The van der Waals surface area contributed by atoms with Crippen LogP contribution in [0.4, 0.5) is 0 Å². The number of benzene rings is 1. The minimum absolute atomic E-state index is 0.00907. The minimum atomic E-state index is -0.745. The zero-order chi connectivity index (χ0) is 22.0. The van der Waals surface area contributed by atoms with Gasteiger partial charge in [-0.1, -0.05) is 48.0 Å². The van der Waals surface area contributed by atoms with Crippen LogP contribution in [0.2, 0.25) is 0 Å². The lowest BCUT2D eigenvalue weighted by Gasteiger charge is -2.49. The minimum Gasteiger partial charge on any atom is -0.458 e. The Kier molecular flexibility index (Phi) is 6.22. The summed E-state index contributed by atoms with van der Waals surface area (Å²) >= 11 is 7.69. The SMILES string of the molecule is COC1(COC(=O)C2=C(Cl)CS[C@@H]3C(NC(=O)c4ccccc4)C(=O)N23)C=CC=CC1. The highest BCUT2D eigenvalue weighted by Gasteiger charge is 2.54. The molecule has 162 valence electrons. The van der Waals surface area contributed by atoms with E-state index in [4.69, 9.17) is 21.1 Å². The molecule has 1 saturated heterocycles. The summed E-state index contributed by atoms with van der Waals surface area (Å²) < 4.78 is 11.0. The third kappa shape index (κ3) is 4.15. The number of esters is 1. The monoisotopic (exact) mass is 460 g/mol. The normalized spacial score (nSPS) is 26.9. The summed E-state index contributed by atoms with van der Waals surface area (Å²) in [6, 6.07) is 7.91. The molecule has 0 aromatic heterocycles. The number of methoxy groups -OCH3 is 1. The Morgan fingerprint density at radius 1 is 1.29 bits per heavy atom. The van der Waals surface area contributed by atoms with Crippen LogP contribution in [0.3, 0.4) is 0 Å². The van der Waals surface area contributed by atoms with Crippen LogP contribution in [0.1, 0.15) is 16.8 Å². The first kappa shape index (κ1) is 21.7. The molecule has 2 amide bonds. The van der Waals surface area contributed by atoms with E-state index in [0.717, 1.165) is 0 Å². The fourth-order valence-electron chi connectivity index (χ4n) is 3.60. The summed E-state index contributed by atoms with van der Waals surface area (Å²) in [7, 11) is 1.55. The molecule has 31 heavy (non-hydrogen) atoms. The van der Waals surface area contributed by atoms with E-state index in [1.54, 1.807) is 31.4 Å². The molecule has 9 heteroatoms. The number of hydrogen-bond acceptors (Lipinski definition) is 6. The third-order valence-corrected chi connectivity index (χ3v) is 7.15. The zero-order valence-electron chi connectivity index (χ0n) is 16.7. The molecule has 0 radical (unpaired) electrons. The average molecular weight is 461 g/mol. The predicted octanol–water partition coefficient (Wildman–Crippen LogP) is 2.60. The standard InChI is InChI=1S/C22H21ClN2O5S/c1-29-22(10-6-3-7-11-22)13-30-21(28)17-15(23)12-31-20-16(19(27)25(17)20)24-18(26)14-8-4-2-5-9-14/h2-10,16,20H,11-13H2,1H3,(H,24,26)/t16?,20-,22?/m1/s1. The van der Waals surface area contributed by atoms with Crippen molar-refractivity contribution in [3.8, 4) is 0 Å². The maximum atomic E-state index is 12.8. The van der Waals surface area contributed by atoms with Crippen LogP contribution < -0.4 is 5.32 Å². The van der Waals surface area contributed by atoms with Gasteiger partial charge in [-0.2, -0.15) is 0 Å². The highest BCUT2D eigenvalue weighted by atomic mass is 35.5. The van der Waals surface area contributed by atoms with Crippen LogP contribution in [-0.4, -0.2) is 59.2 Å². The number of fused-ring (bicyclic) bond motifs is 1. The molecule has 1 aliphatic carbocycles. The van der Waals surface area contributed by atoms with E-state index in [1.807, 2.05) is 30.4 Å².